The number of aromatic hydroxyl groups is 2. The Morgan fingerprint density at radius 1 is 0.640 bits per heavy atom. The zero-order valence-corrected chi connectivity index (χ0v) is 13.4. The Morgan fingerprint density at radius 3 is 1.24 bits per heavy atom. The molecule has 0 fully saturated rings. The van der Waals surface area contributed by atoms with Crippen LogP contribution in [0.15, 0.2) is 48.5 Å². The fraction of sp³-hybridized carbons (Fsp3) is 0.333. The second kappa shape index (κ2) is 8.80. The summed E-state index contributed by atoms with van der Waals surface area (Å²) >= 11 is 0. The van der Waals surface area contributed by atoms with Crippen molar-refractivity contribution in [2.45, 2.75) is 24.4 Å². The second-order valence-corrected chi connectivity index (χ2v) is 5.66. The quantitative estimate of drug-likeness (QED) is 0.411. The highest BCUT2D eigenvalue weighted by Crippen LogP contribution is 2.32. The lowest BCUT2D eigenvalue weighted by molar-refractivity contribution is -0.137. The van der Waals surface area contributed by atoms with E-state index in [-0.39, 0.29) is 11.5 Å². The first-order chi connectivity index (χ1) is 12.0. The van der Waals surface area contributed by atoms with Gasteiger partial charge in [0.15, 0.2) is 0 Å². The number of hydrogen-bond donors (Lipinski definition) is 6. The standard InChI is InChI=1S/C18H22O7/c19-9-15(23)17(11-1-5-13(21)6-2-11)25-18(16(24)10-20)12-3-7-14(22)8-4-12/h1-8,15-24H,9-10H2. The molecule has 0 saturated heterocycles. The zero-order chi connectivity index (χ0) is 18.4. The highest BCUT2D eigenvalue weighted by atomic mass is 16.5. The average Bonchev–Trinajstić information content (AvgIpc) is 2.63. The molecule has 0 aliphatic carbocycles. The largest absolute Gasteiger partial charge is 0.508 e. The van der Waals surface area contributed by atoms with E-state index in [4.69, 9.17) is 4.74 Å². The molecular formula is C18H22O7. The predicted octanol–water partition coefficient (Wildman–Crippen LogP) is 0.603. The van der Waals surface area contributed by atoms with Crippen molar-refractivity contribution in [3.63, 3.8) is 0 Å². The highest BCUT2D eigenvalue weighted by Gasteiger charge is 2.30. The smallest absolute Gasteiger partial charge is 0.115 e. The van der Waals surface area contributed by atoms with Gasteiger partial charge >= 0.3 is 0 Å². The summed E-state index contributed by atoms with van der Waals surface area (Å²) in [7, 11) is 0. The molecule has 136 valence electrons. The molecule has 0 aliphatic heterocycles. The van der Waals surface area contributed by atoms with Crippen molar-refractivity contribution in [1.29, 1.82) is 0 Å². The Morgan fingerprint density at radius 2 is 0.960 bits per heavy atom. The number of benzene rings is 2. The third-order valence-corrected chi connectivity index (χ3v) is 3.81. The van der Waals surface area contributed by atoms with Gasteiger partial charge in [-0.2, -0.15) is 0 Å². The van der Waals surface area contributed by atoms with E-state index >= 15 is 0 Å². The van der Waals surface area contributed by atoms with E-state index < -0.39 is 37.6 Å². The van der Waals surface area contributed by atoms with Gasteiger partial charge < -0.3 is 35.4 Å². The van der Waals surface area contributed by atoms with Gasteiger partial charge in [0.05, 0.1) is 13.2 Å². The molecule has 0 saturated carbocycles. The lowest BCUT2D eigenvalue weighted by Gasteiger charge is -2.30. The van der Waals surface area contributed by atoms with Gasteiger partial charge in [0, 0.05) is 0 Å². The Bertz CT molecular complexity index is 584. The Balaban J connectivity index is 2.34. The van der Waals surface area contributed by atoms with Crippen molar-refractivity contribution < 1.29 is 35.4 Å². The summed E-state index contributed by atoms with van der Waals surface area (Å²) in [5.41, 5.74) is 0.960. The van der Waals surface area contributed by atoms with E-state index in [2.05, 4.69) is 0 Å². The number of phenols is 2. The number of aliphatic hydroxyl groups is 4. The molecular weight excluding hydrogens is 328 g/mol. The minimum Gasteiger partial charge on any atom is -0.508 e. The molecule has 0 bridgehead atoms. The van der Waals surface area contributed by atoms with E-state index in [0.717, 1.165) is 0 Å². The van der Waals surface area contributed by atoms with Crippen molar-refractivity contribution >= 4 is 0 Å². The maximum absolute atomic E-state index is 10.1. The summed E-state index contributed by atoms with van der Waals surface area (Å²) in [6.07, 6.45) is -4.58. The Kier molecular flexibility index (Phi) is 6.74. The highest BCUT2D eigenvalue weighted by molar-refractivity contribution is 5.30. The molecule has 0 amide bonds. The molecule has 0 radical (unpaired) electrons. The van der Waals surface area contributed by atoms with Crippen LogP contribution in [-0.4, -0.2) is 56.1 Å². The SMILES string of the molecule is OCC(O)C(OC(c1ccc(O)cc1)C(O)CO)c1ccc(O)cc1. The molecule has 4 unspecified atom stereocenters. The summed E-state index contributed by atoms with van der Waals surface area (Å²) in [5.74, 6) is 0.0675. The fourth-order valence-electron chi connectivity index (χ4n) is 2.46. The van der Waals surface area contributed by atoms with Crippen LogP contribution in [0.2, 0.25) is 0 Å². The predicted molar refractivity (Wildman–Crippen MR) is 89.0 cm³/mol. The molecule has 0 spiro atoms. The summed E-state index contributed by atoms with van der Waals surface area (Å²) in [4.78, 5) is 0. The molecule has 2 rings (SSSR count). The summed E-state index contributed by atoms with van der Waals surface area (Å²) < 4.78 is 5.82. The number of ether oxygens (including phenoxy) is 1. The zero-order valence-electron chi connectivity index (χ0n) is 13.4. The van der Waals surface area contributed by atoms with Crippen LogP contribution in [0.3, 0.4) is 0 Å². The van der Waals surface area contributed by atoms with Crippen molar-refractivity contribution in [2.75, 3.05) is 13.2 Å². The first-order valence-corrected chi connectivity index (χ1v) is 7.77. The summed E-state index contributed by atoms with van der Waals surface area (Å²) in [5, 5.41) is 57.6. The molecule has 6 N–H and O–H groups in total. The first-order valence-electron chi connectivity index (χ1n) is 7.77. The second-order valence-electron chi connectivity index (χ2n) is 5.66. The molecule has 25 heavy (non-hydrogen) atoms. The molecule has 2 aromatic rings. The van der Waals surface area contributed by atoms with Gasteiger partial charge in [-0.25, -0.2) is 0 Å². The van der Waals surface area contributed by atoms with Crippen LogP contribution >= 0.6 is 0 Å². The van der Waals surface area contributed by atoms with Crippen molar-refractivity contribution in [2.24, 2.45) is 0 Å². The van der Waals surface area contributed by atoms with Gasteiger partial charge in [0.25, 0.3) is 0 Å². The molecule has 0 aromatic heterocycles. The molecule has 4 atom stereocenters. The van der Waals surface area contributed by atoms with E-state index in [1.807, 2.05) is 0 Å². The Labute approximate surface area is 145 Å². The van der Waals surface area contributed by atoms with E-state index in [1.54, 1.807) is 0 Å². The first kappa shape index (κ1) is 19.2. The molecule has 0 aliphatic rings. The number of phenolic OH excluding ortho intramolecular Hbond substituents is 2. The third-order valence-electron chi connectivity index (χ3n) is 3.81. The van der Waals surface area contributed by atoms with Crippen LogP contribution in [-0.2, 0) is 4.74 Å². The van der Waals surface area contributed by atoms with Gasteiger partial charge in [-0.1, -0.05) is 24.3 Å². The lowest BCUT2D eigenvalue weighted by Crippen LogP contribution is -2.32. The summed E-state index contributed by atoms with van der Waals surface area (Å²) in [6.45, 7) is -1.16. The van der Waals surface area contributed by atoms with Crippen LogP contribution in [0.1, 0.15) is 23.3 Å². The minimum atomic E-state index is -1.28. The number of rotatable bonds is 8. The van der Waals surface area contributed by atoms with Gasteiger partial charge in [-0.15, -0.1) is 0 Å². The topological polar surface area (TPSA) is 131 Å². The normalized spacial score (nSPS) is 16.2. The van der Waals surface area contributed by atoms with Crippen LogP contribution < -0.4 is 0 Å². The lowest BCUT2D eigenvalue weighted by atomic mass is 10.0. The van der Waals surface area contributed by atoms with Crippen LogP contribution in [0.5, 0.6) is 11.5 Å². The van der Waals surface area contributed by atoms with Crippen LogP contribution in [0.25, 0.3) is 0 Å². The van der Waals surface area contributed by atoms with Gasteiger partial charge in [-0.3, -0.25) is 0 Å². The third kappa shape index (κ3) is 4.91. The minimum absolute atomic E-state index is 0.0338. The van der Waals surface area contributed by atoms with Gasteiger partial charge in [-0.05, 0) is 35.4 Å². The van der Waals surface area contributed by atoms with Gasteiger partial charge in [0.1, 0.15) is 35.9 Å². The van der Waals surface area contributed by atoms with E-state index in [9.17, 15) is 30.6 Å². The van der Waals surface area contributed by atoms with Crippen molar-refractivity contribution in [1.82, 2.24) is 0 Å². The number of hydrogen-bond acceptors (Lipinski definition) is 7. The summed E-state index contributed by atoms with van der Waals surface area (Å²) in [6, 6.07) is 11.7. The average molecular weight is 350 g/mol. The van der Waals surface area contributed by atoms with E-state index in [1.165, 1.54) is 48.5 Å². The molecule has 7 nitrogen and oxygen atoms in total. The molecule has 7 heteroatoms. The monoisotopic (exact) mass is 350 g/mol. The maximum Gasteiger partial charge on any atom is 0.115 e. The van der Waals surface area contributed by atoms with E-state index in [0.29, 0.717) is 11.1 Å². The molecule has 2 aromatic carbocycles. The van der Waals surface area contributed by atoms with Crippen molar-refractivity contribution in [3.8, 4) is 11.5 Å². The van der Waals surface area contributed by atoms with Gasteiger partial charge in [0.2, 0.25) is 0 Å². The fourth-order valence-corrected chi connectivity index (χ4v) is 2.46. The molecule has 0 heterocycles. The van der Waals surface area contributed by atoms with Crippen LogP contribution in [0, 0.1) is 0 Å². The Hall–Kier alpha value is -2.16. The van der Waals surface area contributed by atoms with Crippen molar-refractivity contribution in [3.05, 3.63) is 59.7 Å². The maximum atomic E-state index is 10.1. The van der Waals surface area contributed by atoms with Crippen LogP contribution in [0.4, 0.5) is 0 Å². The number of aliphatic hydroxyl groups excluding tert-OH is 4.